The molecule has 3 aromatic heterocycles. The molecule has 2 fully saturated rings. The van der Waals surface area contributed by atoms with Crippen molar-refractivity contribution in [3.05, 3.63) is 88.5 Å². The highest BCUT2D eigenvalue weighted by Gasteiger charge is 2.53. The zero-order chi connectivity index (χ0) is 35.6. The monoisotopic (exact) mass is 728 g/mol. The highest BCUT2D eigenvalue weighted by atomic mass is 32.2. The van der Waals surface area contributed by atoms with Gasteiger partial charge < -0.3 is 41.4 Å². The van der Waals surface area contributed by atoms with Gasteiger partial charge in [0, 0.05) is 53.0 Å². The fourth-order valence-electron chi connectivity index (χ4n) is 6.51. The first-order valence-electron chi connectivity index (χ1n) is 16.3. The summed E-state index contributed by atoms with van der Waals surface area (Å²) in [5, 5.41) is 24.4. The van der Waals surface area contributed by atoms with E-state index in [2.05, 4.69) is 25.3 Å². The number of amides is 2. The van der Waals surface area contributed by atoms with Crippen molar-refractivity contribution < 1.29 is 28.9 Å². The van der Waals surface area contributed by atoms with Crippen LogP contribution in [0.1, 0.15) is 29.7 Å². The Morgan fingerprint density at radius 1 is 1.24 bits per heavy atom. The van der Waals surface area contributed by atoms with Gasteiger partial charge in [0.25, 0.3) is 11.8 Å². The number of hydrogen-bond donors (Lipinski definition) is 4. The summed E-state index contributed by atoms with van der Waals surface area (Å²) in [6, 6.07) is 11.3. The zero-order valence-corrected chi connectivity index (χ0v) is 29.3. The number of nitrogen functional groups attached to an aromatic ring is 1. The molecule has 0 saturated carbocycles. The van der Waals surface area contributed by atoms with Crippen LogP contribution in [0.15, 0.2) is 81.8 Å². The van der Waals surface area contributed by atoms with Gasteiger partial charge in [-0.25, -0.2) is 4.98 Å². The molecule has 264 valence electrons. The second-order valence-corrected chi connectivity index (χ2v) is 14.4. The number of nitrogens with zero attached hydrogens (tertiary/aromatic N) is 6. The molecule has 0 spiro atoms. The third-order valence-corrected chi connectivity index (χ3v) is 11.0. The average Bonchev–Trinajstić information content (AvgIpc) is 3.75. The number of aliphatic imine (C=N–C) groups is 1. The van der Waals surface area contributed by atoms with E-state index in [0.717, 1.165) is 59.3 Å². The maximum absolute atomic E-state index is 13.3. The van der Waals surface area contributed by atoms with Crippen molar-refractivity contribution in [2.45, 2.75) is 43.4 Å². The SMILES string of the molecule is CO/N=C(\C(=O)N[C@@H]1C(=O)N2C(C(=O)[O-])=C(C[n+]3ccc4ccn(Cc5ccc(C(N)=NC6CCCNC6)cc5)c4c3)CS[C@H]12)c1csc(N)n1. The van der Waals surface area contributed by atoms with Gasteiger partial charge in [0.15, 0.2) is 29.8 Å². The molecular weight excluding hydrogens is 693 g/mol. The van der Waals surface area contributed by atoms with Gasteiger partial charge in [-0.2, -0.15) is 4.57 Å². The minimum Gasteiger partial charge on any atom is -0.543 e. The van der Waals surface area contributed by atoms with Crippen molar-refractivity contribution in [2.24, 2.45) is 15.9 Å². The molecule has 1 aromatic carbocycles. The molecule has 6 N–H and O–H groups in total. The van der Waals surface area contributed by atoms with E-state index >= 15 is 0 Å². The molecule has 17 heteroatoms. The fraction of sp³-hybridized carbons (Fsp3) is 0.324. The number of β-lactam (4-membered cyclic amide) rings is 1. The van der Waals surface area contributed by atoms with Gasteiger partial charge in [0.2, 0.25) is 0 Å². The molecule has 6 heterocycles. The molecule has 3 aliphatic heterocycles. The number of thioether (sulfide) groups is 1. The van der Waals surface area contributed by atoms with E-state index in [4.69, 9.17) is 21.3 Å². The quantitative estimate of drug-likeness (QED) is 0.0531. The Morgan fingerprint density at radius 3 is 2.76 bits per heavy atom. The number of rotatable bonds is 11. The van der Waals surface area contributed by atoms with Gasteiger partial charge in [-0.05, 0) is 31.0 Å². The van der Waals surface area contributed by atoms with Crippen molar-refractivity contribution in [3.8, 4) is 0 Å². The molecular formula is C34H36N10O5S2. The number of nitrogens with one attached hydrogen (secondary N) is 2. The molecule has 3 aliphatic rings. The minimum atomic E-state index is -1.46. The lowest BCUT2D eigenvalue weighted by molar-refractivity contribution is -0.687. The summed E-state index contributed by atoms with van der Waals surface area (Å²) in [5.74, 6) is -1.86. The van der Waals surface area contributed by atoms with E-state index in [1.807, 2.05) is 59.6 Å². The van der Waals surface area contributed by atoms with Crippen molar-refractivity contribution in [3.63, 3.8) is 0 Å². The number of piperidine rings is 1. The molecule has 0 radical (unpaired) electrons. The number of carbonyl (C=O) groups excluding carboxylic acids is 3. The normalized spacial score (nSPS) is 21.0. The van der Waals surface area contributed by atoms with E-state index in [1.54, 1.807) is 5.38 Å². The Labute approximate surface area is 301 Å². The van der Waals surface area contributed by atoms with E-state index in [1.165, 1.54) is 23.8 Å². The van der Waals surface area contributed by atoms with Gasteiger partial charge >= 0.3 is 0 Å². The van der Waals surface area contributed by atoms with E-state index in [9.17, 15) is 19.5 Å². The highest BCUT2D eigenvalue weighted by Crippen LogP contribution is 2.40. The number of aromatic nitrogens is 3. The zero-order valence-electron chi connectivity index (χ0n) is 27.7. The highest BCUT2D eigenvalue weighted by molar-refractivity contribution is 8.00. The van der Waals surface area contributed by atoms with Gasteiger partial charge in [-0.3, -0.25) is 19.5 Å². The Kier molecular flexibility index (Phi) is 9.75. The van der Waals surface area contributed by atoms with Crippen molar-refractivity contribution >= 4 is 68.5 Å². The van der Waals surface area contributed by atoms with Crippen LogP contribution in [0.5, 0.6) is 0 Å². The largest absolute Gasteiger partial charge is 0.543 e. The van der Waals surface area contributed by atoms with Crippen molar-refractivity contribution in [2.75, 3.05) is 31.7 Å². The number of pyridine rings is 1. The Bertz CT molecular complexity index is 2080. The molecule has 3 atom stereocenters. The van der Waals surface area contributed by atoms with Gasteiger partial charge in [-0.15, -0.1) is 23.1 Å². The number of carbonyl (C=O) groups is 3. The maximum Gasteiger partial charge on any atom is 0.276 e. The minimum absolute atomic E-state index is 0.149. The number of carboxylic acids is 1. The number of amidine groups is 1. The molecule has 51 heavy (non-hydrogen) atoms. The maximum atomic E-state index is 13.3. The molecule has 15 nitrogen and oxygen atoms in total. The first-order valence-corrected chi connectivity index (χ1v) is 18.3. The van der Waals surface area contributed by atoms with Crippen LogP contribution in [0, 0.1) is 0 Å². The Balaban J connectivity index is 1.05. The van der Waals surface area contributed by atoms with Crippen LogP contribution in [0.2, 0.25) is 0 Å². The first kappa shape index (κ1) is 34.2. The first-order chi connectivity index (χ1) is 24.7. The van der Waals surface area contributed by atoms with E-state index in [0.29, 0.717) is 23.7 Å². The summed E-state index contributed by atoms with van der Waals surface area (Å²) in [6.07, 6.45) is 7.99. The number of fused-ring (bicyclic) bond motifs is 2. The number of hydrogen-bond acceptors (Lipinski definition) is 12. The third-order valence-electron chi connectivity index (χ3n) is 9.03. The number of oxime groups is 1. The molecule has 0 bridgehead atoms. The fourth-order valence-corrected chi connectivity index (χ4v) is 8.39. The molecule has 2 saturated heterocycles. The predicted octanol–water partition coefficient (Wildman–Crippen LogP) is -0.0723. The second kappa shape index (κ2) is 14.5. The van der Waals surface area contributed by atoms with Crippen LogP contribution in [0.3, 0.4) is 0 Å². The van der Waals surface area contributed by atoms with E-state index in [-0.39, 0.29) is 34.8 Å². The van der Waals surface area contributed by atoms with E-state index < -0.39 is 29.2 Å². The molecule has 1 unspecified atom stereocenters. The summed E-state index contributed by atoms with van der Waals surface area (Å²) in [6.45, 7) is 2.71. The summed E-state index contributed by atoms with van der Waals surface area (Å²) >= 11 is 2.49. The number of anilines is 1. The number of thiazole rings is 1. The topological polar surface area (TPSA) is 209 Å². The predicted molar refractivity (Wildman–Crippen MR) is 191 cm³/mol. The summed E-state index contributed by atoms with van der Waals surface area (Å²) < 4.78 is 4.02. The van der Waals surface area contributed by atoms with Crippen LogP contribution in [-0.2, 0) is 32.3 Å². The van der Waals surface area contributed by atoms with Crippen LogP contribution in [0.4, 0.5) is 5.13 Å². The number of carboxylic acid groups (broad SMARTS) is 1. The smallest absolute Gasteiger partial charge is 0.276 e. The lowest BCUT2D eigenvalue weighted by atomic mass is 10.0. The average molecular weight is 729 g/mol. The van der Waals surface area contributed by atoms with Crippen molar-refractivity contribution in [1.82, 2.24) is 25.1 Å². The van der Waals surface area contributed by atoms with Gasteiger partial charge in [0.05, 0.1) is 17.7 Å². The van der Waals surface area contributed by atoms with Crippen LogP contribution < -0.4 is 31.8 Å². The van der Waals surface area contributed by atoms with Crippen LogP contribution >= 0.6 is 23.1 Å². The number of nitrogens with two attached hydrogens (primary N) is 2. The standard InChI is InChI=1S/C34H36N10O5S2/c1-49-41-26(24-18-51-34(36)39-24)30(45)40-27-31(46)44-28(33(47)48)22(17-50-32(27)44)15-42-11-8-20-9-12-43(25(20)16-42)14-19-4-6-21(7-5-19)29(35)38-23-3-2-10-37-13-23/h4-9,11-12,16,18,23,27,32,37H,2-3,10,13-15,17H2,1H3,(H5-,35,36,38,39,40,45,47,48)/b41-26-/t23?,27-,32-/m1/s1. The Morgan fingerprint density at radius 2 is 2.06 bits per heavy atom. The lowest BCUT2D eigenvalue weighted by Crippen LogP contribution is -2.71. The summed E-state index contributed by atoms with van der Waals surface area (Å²) in [7, 11) is 1.28. The number of benzene rings is 1. The van der Waals surface area contributed by atoms with Crippen LogP contribution in [-0.4, -0.2) is 87.2 Å². The molecule has 4 aromatic rings. The number of aliphatic carboxylic acids is 1. The van der Waals surface area contributed by atoms with Crippen molar-refractivity contribution in [1.29, 1.82) is 0 Å². The van der Waals surface area contributed by atoms with Gasteiger partial charge in [0.1, 0.15) is 35.6 Å². The third kappa shape index (κ3) is 7.04. The molecule has 2 amide bonds. The molecule has 7 rings (SSSR count). The summed E-state index contributed by atoms with van der Waals surface area (Å²) in [5.41, 5.74) is 15.4. The Hall–Kier alpha value is -5.26. The summed E-state index contributed by atoms with van der Waals surface area (Å²) in [4.78, 5) is 53.6. The second-order valence-electron chi connectivity index (χ2n) is 12.4. The van der Waals surface area contributed by atoms with Crippen LogP contribution in [0.25, 0.3) is 10.9 Å². The van der Waals surface area contributed by atoms with Gasteiger partial charge in [-0.1, -0.05) is 29.4 Å². The lowest BCUT2D eigenvalue weighted by Gasteiger charge is -2.50. The molecule has 0 aliphatic carbocycles.